The number of amides is 2. The van der Waals surface area contributed by atoms with Gasteiger partial charge in [0, 0.05) is 29.0 Å². The fraction of sp³-hybridized carbons (Fsp3) is 0.278. The van der Waals surface area contributed by atoms with Gasteiger partial charge < -0.3 is 10.2 Å². The first-order valence-corrected chi connectivity index (χ1v) is 17.7. The summed E-state index contributed by atoms with van der Waals surface area (Å²) in [5, 5.41) is 3.16. The first-order valence-electron chi connectivity index (χ1n) is 15.4. The van der Waals surface area contributed by atoms with E-state index >= 15 is 4.39 Å². The third kappa shape index (κ3) is 8.41. The van der Waals surface area contributed by atoms with Crippen LogP contribution in [0.3, 0.4) is 0 Å². The van der Waals surface area contributed by atoms with Crippen LogP contribution in [0, 0.1) is 5.82 Å². The Morgan fingerprint density at radius 1 is 0.826 bits per heavy atom. The highest BCUT2D eigenvalue weighted by Gasteiger charge is 2.35. The van der Waals surface area contributed by atoms with E-state index in [0.29, 0.717) is 0 Å². The second-order valence-electron chi connectivity index (χ2n) is 11.5. The molecule has 0 heterocycles. The molecule has 5 rings (SSSR count). The highest BCUT2D eigenvalue weighted by atomic mass is 79.9. The zero-order valence-electron chi connectivity index (χ0n) is 25.4. The van der Waals surface area contributed by atoms with Crippen molar-refractivity contribution >= 4 is 43.5 Å². The molecule has 46 heavy (non-hydrogen) atoms. The molecule has 0 aliphatic heterocycles. The highest BCUT2D eigenvalue weighted by Crippen LogP contribution is 2.27. The topological polar surface area (TPSA) is 86.8 Å². The summed E-state index contributed by atoms with van der Waals surface area (Å²) in [5.74, 6) is -1.50. The lowest BCUT2D eigenvalue weighted by molar-refractivity contribution is -0.140. The van der Waals surface area contributed by atoms with Gasteiger partial charge in [0.25, 0.3) is 10.0 Å². The summed E-state index contributed by atoms with van der Waals surface area (Å²) in [4.78, 5) is 30.0. The lowest BCUT2D eigenvalue weighted by Crippen LogP contribution is -2.55. The minimum Gasteiger partial charge on any atom is -0.352 e. The molecule has 1 aliphatic rings. The van der Waals surface area contributed by atoms with Crippen molar-refractivity contribution in [1.82, 2.24) is 10.2 Å². The molecule has 1 atom stereocenters. The molecule has 1 saturated carbocycles. The molecular weight excluding hydrogens is 669 g/mol. The predicted molar refractivity (Wildman–Crippen MR) is 181 cm³/mol. The summed E-state index contributed by atoms with van der Waals surface area (Å²) in [5.41, 5.74) is 1.32. The lowest BCUT2D eigenvalue weighted by Gasteiger charge is -2.35. The number of sulfonamides is 1. The molecule has 1 unspecified atom stereocenters. The van der Waals surface area contributed by atoms with Gasteiger partial charge in [0.1, 0.15) is 18.4 Å². The molecule has 10 heteroatoms. The monoisotopic (exact) mass is 705 g/mol. The molecular formula is C36H37BrFN3O4S. The first kappa shape index (κ1) is 33.3. The van der Waals surface area contributed by atoms with E-state index in [2.05, 4.69) is 21.2 Å². The number of rotatable bonds is 12. The van der Waals surface area contributed by atoms with Crippen molar-refractivity contribution in [2.45, 2.75) is 62.0 Å². The van der Waals surface area contributed by atoms with Crippen LogP contribution in [-0.2, 0) is 32.6 Å². The number of halogens is 2. The molecule has 240 valence electrons. The van der Waals surface area contributed by atoms with Crippen LogP contribution in [0.25, 0.3) is 0 Å². The van der Waals surface area contributed by atoms with E-state index in [4.69, 9.17) is 0 Å². The fourth-order valence-corrected chi connectivity index (χ4v) is 7.46. The fourth-order valence-electron chi connectivity index (χ4n) is 5.76. The highest BCUT2D eigenvalue weighted by molar-refractivity contribution is 9.10. The summed E-state index contributed by atoms with van der Waals surface area (Å²) in [6.45, 7) is -0.823. The SMILES string of the molecule is O=C(NC1CCCCC1)C(Cc1ccccc1)N(Cc1ccccc1F)C(=O)CN(c1ccc(Br)cc1)S(=O)(=O)c1ccccc1. The van der Waals surface area contributed by atoms with Crippen LogP contribution in [0.15, 0.2) is 119 Å². The minimum atomic E-state index is -4.21. The molecule has 1 N–H and O–H groups in total. The molecule has 0 bridgehead atoms. The van der Waals surface area contributed by atoms with Gasteiger partial charge in [-0.05, 0) is 60.9 Å². The number of carbonyl (C=O) groups is 2. The second-order valence-corrected chi connectivity index (χ2v) is 14.2. The molecule has 0 aromatic heterocycles. The summed E-state index contributed by atoms with van der Waals surface area (Å²) in [6.07, 6.45) is 4.98. The first-order chi connectivity index (χ1) is 22.2. The Morgan fingerprint density at radius 2 is 1.43 bits per heavy atom. The number of hydrogen-bond acceptors (Lipinski definition) is 4. The van der Waals surface area contributed by atoms with Crippen LogP contribution in [0.1, 0.15) is 43.2 Å². The van der Waals surface area contributed by atoms with Gasteiger partial charge >= 0.3 is 0 Å². The van der Waals surface area contributed by atoms with Crippen molar-refractivity contribution < 1.29 is 22.4 Å². The molecule has 4 aromatic rings. The molecule has 1 fully saturated rings. The van der Waals surface area contributed by atoms with Crippen molar-refractivity contribution in [3.8, 4) is 0 Å². The predicted octanol–water partition coefficient (Wildman–Crippen LogP) is 6.87. The third-order valence-corrected chi connectivity index (χ3v) is 10.6. The van der Waals surface area contributed by atoms with Gasteiger partial charge in [-0.1, -0.05) is 102 Å². The van der Waals surface area contributed by atoms with Gasteiger partial charge in [0.15, 0.2) is 0 Å². The van der Waals surface area contributed by atoms with Gasteiger partial charge in [-0.2, -0.15) is 0 Å². The number of nitrogens with zero attached hydrogens (tertiary/aromatic N) is 2. The van der Waals surface area contributed by atoms with Crippen molar-refractivity contribution in [1.29, 1.82) is 0 Å². The van der Waals surface area contributed by atoms with Gasteiger partial charge in [-0.25, -0.2) is 12.8 Å². The van der Waals surface area contributed by atoms with Gasteiger partial charge in [-0.3, -0.25) is 13.9 Å². The second kappa shape index (κ2) is 15.5. The van der Waals surface area contributed by atoms with E-state index < -0.39 is 34.3 Å². The maximum absolute atomic E-state index is 15.1. The van der Waals surface area contributed by atoms with Crippen molar-refractivity contribution in [2.24, 2.45) is 0 Å². The Bertz CT molecular complexity index is 1720. The van der Waals surface area contributed by atoms with Crippen molar-refractivity contribution in [3.63, 3.8) is 0 Å². The third-order valence-electron chi connectivity index (χ3n) is 8.25. The molecule has 0 spiro atoms. The van der Waals surface area contributed by atoms with Crippen LogP contribution in [-0.4, -0.2) is 43.8 Å². The van der Waals surface area contributed by atoms with Gasteiger partial charge in [0.05, 0.1) is 10.6 Å². The summed E-state index contributed by atoms with van der Waals surface area (Å²) in [6, 6.07) is 28.9. The summed E-state index contributed by atoms with van der Waals surface area (Å²) in [7, 11) is -4.21. The average molecular weight is 707 g/mol. The normalized spacial score (nSPS) is 14.3. The molecule has 0 saturated heterocycles. The minimum absolute atomic E-state index is 0.0160. The standard InChI is InChI=1S/C36H37BrFN3O4S/c37-29-20-22-31(23-21-29)41(46(44,45)32-17-8-3-9-18-32)26-35(42)40(25-28-14-10-11-19-33(28)38)34(24-27-12-4-1-5-13-27)36(43)39-30-15-6-2-7-16-30/h1,3-5,8-14,17-23,30,34H,2,6-7,15-16,24-26H2,(H,39,43). The van der Waals surface area contributed by atoms with Gasteiger partial charge in [-0.15, -0.1) is 0 Å². The van der Waals surface area contributed by atoms with Gasteiger partial charge in [0.2, 0.25) is 11.8 Å². The number of nitrogens with one attached hydrogen (secondary N) is 1. The molecule has 7 nitrogen and oxygen atoms in total. The van der Waals surface area contributed by atoms with Crippen LogP contribution >= 0.6 is 15.9 Å². The van der Waals surface area contributed by atoms with Crippen LogP contribution in [0.5, 0.6) is 0 Å². The number of hydrogen-bond donors (Lipinski definition) is 1. The zero-order valence-corrected chi connectivity index (χ0v) is 27.8. The van der Waals surface area contributed by atoms with E-state index in [-0.39, 0.29) is 41.1 Å². The Balaban J connectivity index is 1.56. The average Bonchev–Trinajstić information content (AvgIpc) is 3.07. The van der Waals surface area contributed by atoms with Crippen LogP contribution < -0.4 is 9.62 Å². The van der Waals surface area contributed by atoms with Crippen LogP contribution in [0.2, 0.25) is 0 Å². The van der Waals surface area contributed by atoms with E-state index in [0.717, 1.165) is 46.4 Å². The van der Waals surface area contributed by atoms with E-state index in [1.165, 1.54) is 23.1 Å². The van der Waals surface area contributed by atoms with Crippen molar-refractivity contribution in [2.75, 3.05) is 10.8 Å². The van der Waals surface area contributed by atoms with E-state index in [9.17, 15) is 18.0 Å². The summed E-state index contributed by atoms with van der Waals surface area (Å²) < 4.78 is 45.0. The summed E-state index contributed by atoms with van der Waals surface area (Å²) >= 11 is 3.39. The van der Waals surface area contributed by atoms with Crippen molar-refractivity contribution in [3.05, 3.63) is 131 Å². The number of benzene rings is 4. The van der Waals surface area contributed by atoms with E-state index in [1.807, 2.05) is 30.3 Å². The van der Waals surface area contributed by atoms with Crippen LogP contribution in [0.4, 0.5) is 10.1 Å². The molecule has 0 radical (unpaired) electrons. The number of anilines is 1. The lowest BCUT2D eigenvalue weighted by atomic mass is 9.94. The maximum Gasteiger partial charge on any atom is 0.264 e. The van der Waals surface area contributed by atoms with E-state index in [1.54, 1.807) is 60.7 Å². The zero-order chi connectivity index (χ0) is 32.5. The Hall–Kier alpha value is -4.02. The largest absolute Gasteiger partial charge is 0.352 e. The maximum atomic E-state index is 15.1. The molecule has 1 aliphatic carbocycles. The number of carbonyl (C=O) groups excluding carboxylic acids is 2. The molecule has 2 amide bonds. The quantitative estimate of drug-likeness (QED) is 0.174. The molecule has 4 aromatic carbocycles. The smallest absolute Gasteiger partial charge is 0.264 e. The Morgan fingerprint density at radius 3 is 2.09 bits per heavy atom. The Labute approximate surface area is 278 Å². The Kier molecular flexibility index (Phi) is 11.2.